The van der Waals surface area contributed by atoms with Crippen molar-refractivity contribution in [3.05, 3.63) is 40.6 Å². The fraction of sp³-hybridized carbons (Fsp3) is 0.438. The summed E-state index contributed by atoms with van der Waals surface area (Å²) in [6, 6.07) is 7.96. The van der Waals surface area contributed by atoms with E-state index in [4.69, 9.17) is 4.74 Å². The maximum Gasteiger partial charge on any atom is 0.434 e. The van der Waals surface area contributed by atoms with E-state index in [1.807, 2.05) is 0 Å². The molecule has 0 bridgehead atoms. The summed E-state index contributed by atoms with van der Waals surface area (Å²) in [4.78, 5) is 3.76. The van der Waals surface area contributed by atoms with Crippen molar-refractivity contribution in [3.8, 4) is 11.4 Å². The highest BCUT2D eigenvalue weighted by molar-refractivity contribution is 9.10. The number of hydrogen-bond acceptors (Lipinski definition) is 2. The SMILES string of the molecule is C[Si](C)(C)CCOCn1cc(C(F)(F)F)nc1-c1ccc(Br)cc1. The molecule has 8 heteroatoms. The van der Waals surface area contributed by atoms with Crippen molar-refractivity contribution < 1.29 is 17.9 Å². The quantitative estimate of drug-likeness (QED) is 0.446. The number of aromatic nitrogens is 2. The first-order valence-corrected chi connectivity index (χ1v) is 12.0. The van der Waals surface area contributed by atoms with Crippen LogP contribution in [-0.2, 0) is 17.6 Å². The smallest absolute Gasteiger partial charge is 0.361 e. The van der Waals surface area contributed by atoms with Gasteiger partial charge in [-0.15, -0.1) is 0 Å². The number of halogens is 4. The Balaban J connectivity index is 2.21. The van der Waals surface area contributed by atoms with Crippen molar-refractivity contribution in [2.45, 2.75) is 38.6 Å². The van der Waals surface area contributed by atoms with Crippen LogP contribution in [0, 0.1) is 0 Å². The lowest BCUT2D eigenvalue weighted by atomic mass is 10.2. The Bertz CT molecular complexity index is 678. The van der Waals surface area contributed by atoms with Gasteiger partial charge in [-0.1, -0.05) is 47.7 Å². The van der Waals surface area contributed by atoms with E-state index in [2.05, 4.69) is 40.6 Å². The molecule has 0 unspecified atom stereocenters. The molecule has 2 aromatic rings. The highest BCUT2D eigenvalue weighted by Gasteiger charge is 2.35. The summed E-state index contributed by atoms with van der Waals surface area (Å²) in [7, 11) is -1.24. The van der Waals surface area contributed by atoms with Gasteiger partial charge in [-0.2, -0.15) is 13.2 Å². The summed E-state index contributed by atoms with van der Waals surface area (Å²) in [5.41, 5.74) is -0.295. The lowest BCUT2D eigenvalue weighted by Gasteiger charge is -2.16. The summed E-state index contributed by atoms with van der Waals surface area (Å²) >= 11 is 3.32. The van der Waals surface area contributed by atoms with Gasteiger partial charge in [0.25, 0.3) is 0 Å². The van der Waals surface area contributed by atoms with Crippen LogP contribution in [0.25, 0.3) is 11.4 Å². The summed E-state index contributed by atoms with van der Waals surface area (Å²) in [6.07, 6.45) is -3.47. The van der Waals surface area contributed by atoms with Gasteiger partial charge >= 0.3 is 6.18 Å². The maximum absolute atomic E-state index is 13.0. The first-order chi connectivity index (χ1) is 11.1. The zero-order valence-electron chi connectivity index (χ0n) is 13.8. The van der Waals surface area contributed by atoms with Gasteiger partial charge in [0.05, 0.1) is 0 Å². The molecule has 0 aliphatic heterocycles. The largest absolute Gasteiger partial charge is 0.434 e. The van der Waals surface area contributed by atoms with E-state index in [1.165, 1.54) is 4.57 Å². The van der Waals surface area contributed by atoms with E-state index in [0.29, 0.717) is 12.2 Å². The van der Waals surface area contributed by atoms with Crippen molar-refractivity contribution >= 4 is 24.0 Å². The lowest BCUT2D eigenvalue weighted by molar-refractivity contribution is -0.141. The zero-order valence-corrected chi connectivity index (χ0v) is 16.4. The summed E-state index contributed by atoms with van der Waals surface area (Å²) < 4.78 is 46.8. The van der Waals surface area contributed by atoms with Crippen LogP contribution in [-0.4, -0.2) is 24.2 Å². The van der Waals surface area contributed by atoms with Crippen LogP contribution < -0.4 is 0 Å². The molecule has 0 saturated heterocycles. The van der Waals surface area contributed by atoms with Crippen molar-refractivity contribution in [1.29, 1.82) is 0 Å². The third kappa shape index (κ3) is 5.46. The molecular weight excluding hydrogens is 401 g/mol. The number of hydrogen-bond donors (Lipinski definition) is 0. The Morgan fingerprint density at radius 3 is 2.33 bits per heavy atom. The number of nitrogens with zero attached hydrogens (tertiary/aromatic N) is 2. The number of benzene rings is 1. The second-order valence-corrected chi connectivity index (χ2v) is 13.3. The number of ether oxygens (including phenoxy) is 1. The zero-order chi connectivity index (χ0) is 18.0. The third-order valence-corrected chi connectivity index (χ3v) is 5.63. The number of alkyl halides is 3. The van der Waals surface area contributed by atoms with E-state index >= 15 is 0 Å². The number of rotatable bonds is 6. The molecular formula is C16H20BrF3N2OSi. The molecule has 0 N–H and O–H groups in total. The van der Waals surface area contributed by atoms with Crippen LogP contribution in [0.4, 0.5) is 13.2 Å². The second-order valence-electron chi connectivity index (χ2n) is 6.77. The maximum atomic E-state index is 13.0. The second kappa shape index (κ2) is 7.41. The molecule has 1 aromatic carbocycles. The Hall–Kier alpha value is -1.12. The Labute approximate surface area is 149 Å². The molecule has 0 atom stereocenters. The topological polar surface area (TPSA) is 27.1 Å². The van der Waals surface area contributed by atoms with Crippen LogP contribution in [0.1, 0.15) is 5.69 Å². The van der Waals surface area contributed by atoms with Crippen LogP contribution >= 0.6 is 15.9 Å². The van der Waals surface area contributed by atoms with Crippen LogP contribution in [0.15, 0.2) is 34.9 Å². The van der Waals surface area contributed by atoms with Gasteiger partial charge in [0.2, 0.25) is 0 Å². The minimum Gasteiger partial charge on any atom is -0.361 e. The van der Waals surface area contributed by atoms with Gasteiger partial charge in [-0.05, 0) is 18.2 Å². The Morgan fingerprint density at radius 1 is 1.17 bits per heavy atom. The van der Waals surface area contributed by atoms with Gasteiger partial charge < -0.3 is 9.30 Å². The molecule has 0 amide bonds. The predicted octanol–water partition coefficient (Wildman–Crippen LogP) is 5.64. The molecule has 0 aliphatic carbocycles. The van der Waals surface area contributed by atoms with E-state index in [1.54, 1.807) is 24.3 Å². The summed E-state index contributed by atoms with van der Waals surface area (Å²) in [5.74, 6) is 0.253. The van der Waals surface area contributed by atoms with E-state index in [-0.39, 0.29) is 12.6 Å². The molecule has 2 rings (SSSR count). The van der Waals surface area contributed by atoms with Crippen molar-refractivity contribution in [2.24, 2.45) is 0 Å². The molecule has 0 spiro atoms. The molecule has 0 fully saturated rings. The van der Waals surface area contributed by atoms with Crippen molar-refractivity contribution in [1.82, 2.24) is 9.55 Å². The molecule has 132 valence electrons. The van der Waals surface area contributed by atoms with Gasteiger partial charge in [-0.25, -0.2) is 4.98 Å². The average Bonchev–Trinajstić information content (AvgIpc) is 2.88. The minimum atomic E-state index is -4.48. The van der Waals surface area contributed by atoms with Gasteiger partial charge in [0.1, 0.15) is 12.6 Å². The fourth-order valence-electron chi connectivity index (χ4n) is 2.02. The first-order valence-electron chi connectivity index (χ1n) is 7.54. The van der Waals surface area contributed by atoms with Gasteiger partial charge in [0.15, 0.2) is 5.69 Å². The van der Waals surface area contributed by atoms with Crippen LogP contribution in [0.3, 0.4) is 0 Å². The van der Waals surface area contributed by atoms with Crippen molar-refractivity contribution in [3.63, 3.8) is 0 Å². The monoisotopic (exact) mass is 420 g/mol. The average molecular weight is 421 g/mol. The normalized spacial score (nSPS) is 12.6. The van der Waals surface area contributed by atoms with E-state index in [9.17, 15) is 13.2 Å². The summed E-state index contributed by atoms with van der Waals surface area (Å²) in [6.45, 7) is 7.27. The van der Waals surface area contributed by atoms with E-state index < -0.39 is 19.9 Å². The van der Waals surface area contributed by atoms with E-state index in [0.717, 1.165) is 16.7 Å². The first kappa shape index (κ1) is 19.2. The number of imidazole rings is 1. The van der Waals surface area contributed by atoms with Gasteiger partial charge in [-0.3, -0.25) is 0 Å². The fourth-order valence-corrected chi connectivity index (χ4v) is 3.04. The molecule has 1 heterocycles. The van der Waals surface area contributed by atoms with Crippen molar-refractivity contribution in [2.75, 3.05) is 6.61 Å². The standard InChI is InChI=1S/C16H20BrF3N2OSi/c1-24(2,3)9-8-23-11-22-10-14(16(18,19)20)21-15(22)12-4-6-13(17)7-5-12/h4-7,10H,8-9,11H2,1-3H3. The molecule has 0 aliphatic rings. The highest BCUT2D eigenvalue weighted by Crippen LogP contribution is 2.31. The molecule has 0 radical (unpaired) electrons. The molecule has 1 aromatic heterocycles. The predicted molar refractivity (Wildman–Crippen MR) is 94.5 cm³/mol. The molecule has 0 saturated carbocycles. The Kier molecular flexibility index (Phi) is 5.93. The Morgan fingerprint density at radius 2 is 1.79 bits per heavy atom. The molecule has 24 heavy (non-hydrogen) atoms. The van der Waals surface area contributed by atoms with Gasteiger partial charge in [0, 0.05) is 30.9 Å². The van der Waals surface area contributed by atoms with Crippen LogP contribution in [0.2, 0.25) is 25.7 Å². The third-order valence-electron chi connectivity index (χ3n) is 3.40. The summed E-state index contributed by atoms with van der Waals surface area (Å²) in [5, 5.41) is 0. The molecule has 3 nitrogen and oxygen atoms in total. The lowest BCUT2D eigenvalue weighted by Crippen LogP contribution is -2.22. The highest BCUT2D eigenvalue weighted by atomic mass is 79.9. The minimum absolute atomic E-state index is 0.0545. The van der Waals surface area contributed by atoms with Crippen LogP contribution in [0.5, 0.6) is 0 Å².